The van der Waals surface area contributed by atoms with E-state index in [4.69, 9.17) is 0 Å². The molecule has 3 rings (SSSR count). The largest absolute Gasteiger partial charge is 0.350 e. The number of hydrogen-bond donors (Lipinski definition) is 1. The first-order valence-electron chi connectivity index (χ1n) is 8.99. The fourth-order valence-electron chi connectivity index (χ4n) is 3.63. The van der Waals surface area contributed by atoms with Crippen molar-refractivity contribution >= 4 is 11.8 Å². The Hall–Kier alpha value is -2.71. The summed E-state index contributed by atoms with van der Waals surface area (Å²) in [5.74, 6) is 0.0886. The van der Waals surface area contributed by atoms with E-state index in [1.165, 1.54) is 6.20 Å². The Morgan fingerprint density at radius 1 is 1.31 bits per heavy atom. The zero-order chi connectivity index (χ0) is 18.7. The average Bonchev–Trinajstić information content (AvgIpc) is 3.28. The highest BCUT2D eigenvalue weighted by Gasteiger charge is 2.36. The van der Waals surface area contributed by atoms with Crippen LogP contribution in [0.2, 0.25) is 0 Å². The van der Waals surface area contributed by atoms with Gasteiger partial charge in [-0.25, -0.2) is 4.68 Å². The third-order valence-corrected chi connectivity index (χ3v) is 4.91. The SMILES string of the molecule is CCN1C(=O)CC[C@H](CNC(=O)c2cnnn2CC)[C@H]1c1cnn(C)c1. The maximum absolute atomic E-state index is 12.5. The van der Waals surface area contributed by atoms with E-state index in [2.05, 4.69) is 20.7 Å². The summed E-state index contributed by atoms with van der Waals surface area (Å²) < 4.78 is 3.31. The van der Waals surface area contributed by atoms with Crippen LogP contribution in [0.3, 0.4) is 0 Å². The molecule has 1 aliphatic heterocycles. The Balaban J connectivity index is 1.76. The van der Waals surface area contributed by atoms with Crippen LogP contribution in [0.15, 0.2) is 18.6 Å². The first-order chi connectivity index (χ1) is 12.5. The lowest BCUT2D eigenvalue weighted by Gasteiger charge is -2.40. The van der Waals surface area contributed by atoms with Crippen LogP contribution in [0, 0.1) is 5.92 Å². The predicted octanol–water partition coefficient (Wildman–Crippen LogP) is 0.761. The van der Waals surface area contributed by atoms with Crippen molar-refractivity contribution in [2.45, 2.75) is 39.3 Å². The number of carbonyl (C=O) groups is 2. The van der Waals surface area contributed by atoms with Gasteiger partial charge in [-0.1, -0.05) is 5.21 Å². The van der Waals surface area contributed by atoms with Crippen LogP contribution in [-0.2, 0) is 18.4 Å². The molecular formula is C17H25N7O2. The summed E-state index contributed by atoms with van der Waals surface area (Å²) in [5.41, 5.74) is 1.45. The van der Waals surface area contributed by atoms with E-state index < -0.39 is 0 Å². The Bertz CT molecular complexity index is 782. The monoisotopic (exact) mass is 359 g/mol. The van der Waals surface area contributed by atoms with Gasteiger partial charge in [0.15, 0.2) is 0 Å². The molecule has 0 bridgehead atoms. The molecule has 1 N–H and O–H groups in total. The number of aromatic nitrogens is 5. The van der Waals surface area contributed by atoms with Crippen molar-refractivity contribution < 1.29 is 9.59 Å². The van der Waals surface area contributed by atoms with Crippen molar-refractivity contribution in [3.8, 4) is 0 Å². The molecule has 3 heterocycles. The topological polar surface area (TPSA) is 97.9 Å². The number of amides is 2. The molecule has 0 saturated carbocycles. The summed E-state index contributed by atoms with van der Waals surface area (Å²) in [5, 5.41) is 14.9. The van der Waals surface area contributed by atoms with Crippen LogP contribution in [0.5, 0.6) is 0 Å². The maximum atomic E-state index is 12.5. The number of carbonyl (C=O) groups excluding carboxylic acids is 2. The maximum Gasteiger partial charge on any atom is 0.271 e. The second-order valence-electron chi connectivity index (χ2n) is 6.52. The van der Waals surface area contributed by atoms with Gasteiger partial charge in [0.2, 0.25) is 5.91 Å². The van der Waals surface area contributed by atoms with Gasteiger partial charge >= 0.3 is 0 Å². The zero-order valence-electron chi connectivity index (χ0n) is 15.4. The van der Waals surface area contributed by atoms with E-state index in [-0.39, 0.29) is 23.8 Å². The molecule has 2 aromatic rings. The summed E-state index contributed by atoms with van der Waals surface area (Å²) >= 11 is 0. The van der Waals surface area contributed by atoms with Gasteiger partial charge in [0.05, 0.1) is 18.4 Å². The summed E-state index contributed by atoms with van der Waals surface area (Å²) in [6.45, 7) is 5.60. The standard InChI is InChI=1S/C17H25N7O2/c1-4-23-15(25)7-6-12(16(23)13-9-20-22(3)11-13)8-18-17(26)14-10-19-21-24(14)5-2/h9-12,16H,4-8H2,1-3H3,(H,18,26)/t12-,16+/m1/s1. The number of aryl methyl sites for hydroxylation is 2. The molecule has 26 heavy (non-hydrogen) atoms. The van der Waals surface area contributed by atoms with E-state index in [0.717, 1.165) is 12.0 Å². The van der Waals surface area contributed by atoms with Gasteiger partial charge in [0.25, 0.3) is 5.91 Å². The highest BCUT2D eigenvalue weighted by atomic mass is 16.2. The minimum Gasteiger partial charge on any atom is -0.350 e. The van der Waals surface area contributed by atoms with Gasteiger partial charge in [-0.2, -0.15) is 5.10 Å². The molecule has 2 aromatic heterocycles. The normalized spacial score (nSPS) is 20.4. The highest BCUT2D eigenvalue weighted by Crippen LogP contribution is 2.36. The first kappa shape index (κ1) is 18.1. The van der Waals surface area contributed by atoms with E-state index in [1.807, 2.05) is 32.0 Å². The third kappa shape index (κ3) is 3.47. The van der Waals surface area contributed by atoms with E-state index in [1.54, 1.807) is 15.6 Å². The van der Waals surface area contributed by atoms with Gasteiger partial charge in [-0.15, -0.1) is 5.10 Å². The quantitative estimate of drug-likeness (QED) is 0.821. The molecule has 0 unspecified atom stereocenters. The van der Waals surface area contributed by atoms with Crippen molar-refractivity contribution in [2.75, 3.05) is 13.1 Å². The summed E-state index contributed by atoms with van der Waals surface area (Å²) in [6.07, 6.45) is 6.45. The molecule has 1 fully saturated rings. The highest BCUT2D eigenvalue weighted by molar-refractivity contribution is 5.92. The molecule has 1 saturated heterocycles. The van der Waals surface area contributed by atoms with Crippen LogP contribution in [0.4, 0.5) is 0 Å². The van der Waals surface area contributed by atoms with Gasteiger partial charge in [-0.3, -0.25) is 14.3 Å². The van der Waals surface area contributed by atoms with Crippen LogP contribution < -0.4 is 5.32 Å². The fourth-order valence-corrected chi connectivity index (χ4v) is 3.63. The number of rotatable bonds is 6. The minimum atomic E-state index is -0.193. The van der Waals surface area contributed by atoms with Gasteiger partial charge in [0.1, 0.15) is 5.69 Å². The molecule has 140 valence electrons. The molecule has 0 aromatic carbocycles. The molecule has 2 atom stereocenters. The molecule has 9 heteroatoms. The van der Waals surface area contributed by atoms with Gasteiger partial charge in [0, 0.05) is 50.8 Å². The van der Waals surface area contributed by atoms with E-state index >= 15 is 0 Å². The van der Waals surface area contributed by atoms with Crippen LogP contribution in [0.1, 0.15) is 48.8 Å². The molecule has 1 aliphatic rings. The molecule has 0 radical (unpaired) electrons. The lowest BCUT2D eigenvalue weighted by molar-refractivity contribution is -0.138. The Morgan fingerprint density at radius 3 is 2.77 bits per heavy atom. The van der Waals surface area contributed by atoms with Gasteiger partial charge in [-0.05, 0) is 20.3 Å². The van der Waals surface area contributed by atoms with Crippen molar-refractivity contribution in [1.82, 2.24) is 35.0 Å². The number of likely N-dealkylation sites (tertiary alicyclic amines) is 1. The molecule has 0 spiro atoms. The third-order valence-electron chi connectivity index (χ3n) is 4.91. The average molecular weight is 359 g/mol. The van der Waals surface area contributed by atoms with Crippen LogP contribution >= 0.6 is 0 Å². The van der Waals surface area contributed by atoms with Crippen LogP contribution in [0.25, 0.3) is 0 Å². The Morgan fingerprint density at radius 2 is 2.12 bits per heavy atom. The van der Waals surface area contributed by atoms with E-state index in [0.29, 0.717) is 31.7 Å². The number of hydrogen-bond acceptors (Lipinski definition) is 5. The minimum absolute atomic E-state index is 0.0792. The lowest BCUT2D eigenvalue weighted by atomic mass is 9.85. The first-order valence-corrected chi connectivity index (χ1v) is 8.99. The van der Waals surface area contributed by atoms with Gasteiger partial charge < -0.3 is 10.2 Å². The zero-order valence-corrected chi connectivity index (χ0v) is 15.4. The second kappa shape index (κ2) is 7.67. The number of nitrogens with zero attached hydrogens (tertiary/aromatic N) is 6. The van der Waals surface area contributed by atoms with Crippen molar-refractivity contribution in [3.05, 3.63) is 29.8 Å². The molecular weight excluding hydrogens is 334 g/mol. The predicted molar refractivity (Wildman–Crippen MR) is 94.1 cm³/mol. The molecule has 0 aliphatic carbocycles. The van der Waals surface area contributed by atoms with Crippen molar-refractivity contribution in [3.63, 3.8) is 0 Å². The smallest absolute Gasteiger partial charge is 0.271 e. The summed E-state index contributed by atoms with van der Waals surface area (Å²) in [7, 11) is 1.86. The summed E-state index contributed by atoms with van der Waals surface area (Å²) in [6, 6.07) is -0.0792. The van der Waals surface area contributed by atoms with Crippen LogP contribution in [-0.4, -0.2) is 54.6 Å². The second-order valence-corrected chi connectivity index (χ2v) is 6.52. The Labute approximate surface area is 152 Å². The number of piperidine rings is 1. The molecule has 9 nitrogen and oxygen atoms in total. The van der Waals surface area contributed by atoms with E-state index in [9.17, 15) is 9.59 Å². The van der Waals surface area contributed by atoms with Crippen molar-refractivity contribution in [1.29, 1.82) is 0 Å². The number of nitrogens with one attached hydrogen (secondary N) is 1. The van der Waals surface area contributed by atoms with Crippen molar-refractivity contribution in [2.24, 2.45) is 13.0 Å². The molecule has 2 amide bonds. The fraction of sp³-hybridized carbons (Fsp3) is 0.588. The summed E-state index contributed by atoms with van der Waals surface area (Å²) in [4.78, 5) is 26.7. The Kier molecular flexibility index (Phi) is 5.34. The lowest BCUT2D eigenvalue weighted by Crippen LogP contribution is -2.46.